The molecule has 3 rings (SSSR count). The van der Waals surface area contributed by atoms with E-state index in [1.54, 1.807) is 24.3 Å². The fraction of sp³-hybridized carbons (Fsp3) is 0.150. The van der Waals surface area contributed by atoms with Crippen molar-refractivity contribution in [2.45, 2.75) is 17.9 Å². The molecule has 0 saturated heterocycles. The van der Waals surface area contributed by atoms with Crippen molar-refractivity contribution >= 4 is 45.9 Å². The van der Waals surface area contributed by atoms with Crippen molar-refractivity contribution in [1.29, 1.82) is 0 Å². The summed E-state index contributed by atoms with van der Waals surface area (Å²) < 4.78 is 40.9. The lowest BCUT2D eigenvalue weighted by Gasteiger charge is -2.15. The van der Waals surface area contributed by atoms with E-state index in [1.165, 1.54) is 16.7 Å². The number of benzene rings is 2. The number of amides is 1. The zero-order valence-corrected chi connectivity index (χ0v) is 16.9. The third-order valence-corrected chi connectivity index (χ3v) is 5.35. The molecule has 0 atom stereocenters. The predicted octanol–water partition coefficient (Wildman–Crippen LogP) is 4.99. The molecule has 0 radical (unpaired) electrons. The summed E-state index contributed by atoms with van der Waals surface area (Å²) in [6, 6.07) is 9.99. The zero-order valence-electron chi connectivity index (χ0n) is 15.4. The number of hydrogen-bond donors (Lipinski definition) is 1. The first kappa shape index (κ1) is 21.9. The van der Waals surface area contributed by atoms with E-state index in [-0.39, 0.29) is 28.0 Å². The molecule has 1 N–H and O–H groups in total. The molecule has 2 aromatic carbocycles. The van der Waals surface area contributed by atoms with Crippen LogP contribution in [-0.4, -0.2) is 21.2 Å². The molecule has 0 bridgehead atoms. The Hall–Kier alpha value is -2.78. The number of fused-ring (bicyclic) bond motifs is 1. The van der Waals surface area contributed by atoms with Crippen LogP contribution in [0.1, 0.15) is 5.56 Å². The van der Waals surface area contributed by atoms with Gasteiger partial charge in [0.15, 0.2) is 5.16 Å². The number of allylic oxidation sites excluding steroid dienone is 1. The van der Waals surface area contributed by atoms with Crippen molar-refractivity contribution in [3.05, 3.63) is 76.1 Å². The Morgan fingerprint density at radius 3 is 2.67 bits per heavy atom. The summed E-state index contributed by atoms with van der Waals surface area (Å²) >= 11 is 6.79. The van der Waals surface area contributed by atoms with Crippen LogP contribution >= 0.6 is 23.4 Å². The van der Waals surface area contributed by atoms with Crippen LogP contribution in [-0.2, 0) is 17.5 Å². The van der Waals surface area contributed by atoms with Gasteiger partial charge >= 0.3 is 6.18 Å². The Morgan fingerprint density at radius 2 is 1.97 bits per heavy atom. The molecule has 0 unspecified atom stereocenters. The standard InChI is InChI=1S/C20H15ClF3N3O2S/c1-2-10-27-18(29)12-6-3-4-9-15(12)25-19(27)30-11-16(28)26-17-13(20(22,23)24)7-5-8-14(17)21/h2-9H,1,10-11H2,(H,26,28). The maximum atomic E-state index is 13.2. The van der Waals surface area contributed by atoms with E-state index in [1.807, 2.05) is 0 Å². The van der Waals surface area contributed by atoms with Crippen LogP contribution in [0.4, 0.5) is 18.9 Å². The molecule has 0 fully saturated rings. The van der Waals surface area contributed by atoms with Crippen molar-refractivity contribution in [3.8, 4) is 0 Å². The van der Waals surface area contributed by atoms with Crippen molar-refractivity contribution < 1.29 is 18.0 Å². The molecule has 1 amide bonds. The number of carbonyl (C=O) groups is 1. The van der Waals surface area contributed by atoms with E-state index in [0.717, 1.165) is 23.9 Å². The minimum absolute atomic E-state index is 0.170. The molecule has 30 heavy (non-hydrogen) atoms. The van der Waals surface area contributed by atoms with Gasteiger partial charge in [0.1, 0.15) is 0 Å². The summed E-state index contributed by atoms with van der Waals surface area (Å²) in [5, 5.41) is 2.65. The first-order chi connectivity index (χ1) is 14.2. The van der Waals surface area contributed by atoms with Gasteiger partial charge in [-0.1, -0.05) is 47.6 Å². The minimum atomic E-state index is -4.68. The lowest BCUT2D eigenvalue weighted by molar-refractivity contribution is -0.137. The average molecular weight is 454 g/mol. The summed E-state index contributed by atoms with van der Waals surface area (Å²) in [7, 11) is 0. The van der Waals surface area contributed by atoms with Crippen LogP contribution in [0.5, 0.6) is 0 Å². The molecule has 0 saturated carbocycles. The number of para-hydroxylation sites is 2. The van der Waals surface area contributed by atoms with Gasteiger partial charge in [0.25, 0.3) is 5.56 Å². The van der Waals surface area contributed by atoms with Crippen LogP contribution in [0.15, 0.2) is 65.1 Å². The number of anilines is 1. The van der Waals surface area contributed by atoms with Crippen molar-refractivity contribution in [2.24, 2.45) is 0 Å². The summed E-state index contributed by atoms with van der Waals surface area (Å²) in [5.74, 6) is -0.990. The number of aromatic nitrogens is 2. The van der Waals surface area contributed by atoms with Crippen LogP contribution in [0, 0.1) is 0 Å². The Balaban J connectivity index is 1.86. The zero-order chi connectivity index (χ0) is 21.9. The van der Waals surface area contributed by atoms with Crippen molar-refractivity contribution in [1.82, 2.24) is 9.55 Å². The van der Waals surface area contributed by atoms with Crippen LogP contribution in [0.3, 0.4) is 0 Å². The minimum Gasteiger partial charge on any atom is -0.324 e. The highest BCUT2D eigenvalue weighted by atomic mass is 35.5. The lowest BCUT2D eigenvalue weighted by Crippen LogP contribution is -2.24. The monoisotopic (exact) mass is 453 g/mol. The summed E-state index contributed by atoms with van der Waals surface area (Å²) in [6.07, 6.45) is -3.16. The van der Waals surface area contributed by atoms with Gasteiger partial charge in [-0.3, -0.25) is 14.2 Å². The summed E-state index contributed by atoms with van der Waals surface area (Å²) in [5.41, 5.74) is -1.39. The topological polar surface area (TPSA) is 64.0 Å². The fourth-order valence-electron chi connectivity index (χ4n) is 2.74. The Morgan fingerprint density at radius 1 is 1.23 bits per heavy atom. The second kappa shape index (κ2) is 8.93. The van der Waals surface area contributed by atoms with E-state index in [9.17, 15) is 22.8 Å². The smallest absolute Gasteiger partial charge is 0.324 e. The van der Waals surface area contributed by atoms with Gasteiger partial charge in [-0.15, -0.1) is 6.58 Å². The number of nitrogens with one attached hydrogen (secondary N) is 1. The highest BCUT2D eigenvalue weighted by Crippen LogP contribution is 2.38. The van der Waals surface area contributed by atoms with Gasteiger partial charge in [-0.2, -0.15) is 13.2 Å². The molecular formula is C20H15ClF3N3O2S. The van der Waals surface area contributed by atoms with E-state index in [2.05, 4.69) is 16.9 Å². The molecule has 10 heteroatoms. The van der Waals surface area contributed by atoms with Crippen molar-refractivity contribution in [2.75, 3.05) is 11.1 Å². The van der Waals surface area contributed by atoms with E-state index < -0.39 is 23.3 Å². The second-order valence-electron chi connectivity index (χ2n) is 6.11. The SMILES string of the molecule is C=CCn1c(SCC(=O)Nc2c(Cl)cccc2C(F)(F)F)nc2ccccc2c1=O. The van der Waals surface area contributed by atoms with Gasteiger partial charge in [0.2, 0.25) is 5.91 Å². The van der Waals surface area contributed by atoms with Gasteiger partial charge in [-0.05, 0) is 24.3 Å². The number of carbonyl (C=O) groups excluding carboxylic acids is 1. The molecule has 1 heterocycles. The first-order valence-corrected chi connectivity index (χ1v) is 9.97. The fourth-order valence-corrected chi connectivity index (χ4v) is 3.77. The maximum Gasteiger partial charge on any atom is 0.418 e. The summed E-state index contributed by atoms with van der Waals surface area (Å²) in [4.78, 5) is 29.4. The van der Waals surface area contributed by atoms with Gasteiger partial charge in [0.05, 0.1) is 32.9 Å². The molecule has 0 spiro atoms. The van der Waals surface area contributed by atoms with Gasteiger partial charge < -0.3 is 5.32 Å². The Bertz CT molecular complexity index is 1180. The third kappa shape index (κ3) is 4.68. The van der Waals surface area contributed by atoms with Crippen LogP contribution in [0.25, 0.3) is 10.9 Å². The number of hydrogen-bond acceptors (Lipinski definition) is 4. The quantitative estimate of drug-likeness (QED) is 0.324. The van der Waals surface area contributed by atoms with Gasteiger partial charge in [-0.25, -0.2) is 4.98 Å². The molecular weight excluding hydrogens is 439 g/mol. The highest BCUT2D eigenvalue weighted by Gasteiger charge is 2.34. The molecule has 1 aromatic heterocycles. The largest absolute Gasteiger partial charge is 0.418 e. The lowest BCUT2D eigenvalue weighted by atomic mass is 10.1. The van der Waals surface area contributed by atoms with E-state index in [0.29, 0.717) is 10.9 Å². The van der Waals surface area contributed by atoms with E-state index >= 15 is 0 Å². The van der Waals surface area contributed by atoms with Crippen LogP contribution in [0.2, 0.25) is 5.02 Å². The Labute approximate surface area is 178 Å². The summed E-state index contributed by atoms with van der Waals surface area (Å²) in [6.45, 7) is 3.78. The highest BCUT2D eigenvalue weighted by molar-refractivity contribution is 7.99. The number of nitrogens with zero attached hydrogens (tertiary/aromatic N) is 2. The number of rotatable bonds is 6. The second-order valence-corrected chi connectivity index (χ2v) is 7.46. The molecule has 0 aliphatic rings. The third-order valence-electron chi connectivity index (χ3n) is 4.05. The van der Waals surface area contributed by atoms with Gasteiger partial charge in [0, 0.05) is 6.54 Å². The number of alkyl halides is 3. The first-order valence-electron chi connectivity index (χ1n) is 8.61. The average Bonchev–Trinajstić information content (AvgIpc) is 2.69. The molecule has 3 aromatic rings. The number of halogens is 4. The predicted molar refractivity (Wildman–Crippen MR) is 112 cm³/mol. The number of thioether (sulfide) groups is 1. The Kier molecular flexibility index (Phi) is 6.52. The molecule has 0 aliphatic carbocycles. The molecule has 5 nitrogen and oxygen atoms in total. The molecule has 0 aliphatic heterocycles. The van der Waals surface area contributed by atoms with E-state index in [4.69, 9.17) is 11.6 Å². The van der Waals surface area contributed by atoms with Crippen LogP contribution < -0.4 is 10.9 Å². The van der Waals surface area contributed by atoms with Crippen molar-refractivity contribution in [3.63, 3.8) is 0 Å². The molecule has 156 valence electrons. The maximum absolute atomic E-state index is 13.2. The normalized spacial score (nSPS) is 11.5.